The Balaban J connectivity index is 2.10. The number of halogens is 1. The van der Waals surface area contributed by atoms with Crippen LogP contribution in [0.25, 0.3) is 0 Å². The molecule has 162 valence electrons. The van der Waals surface area contributed by atoms with E-state index in [9.17, 15) is 14.0 Å². The van der Waals surface area contributed by atoms with E-state index in [-0.39, 0.29) is 23.9 Å². The standard InChI is InChI=1S/C22H27FN2O5/c1-13(2)19(25-21(26)15-6-8-16(23)9-7-15)22(27)24-12-14-10-17(28-3)20(30-5)18(11-14)29-4/h6-11,13,19H,12H2,1-5H3,(H,24,27)(H,25,26). The molecule has 0 heterocycles. The molecule has 0 aliphatic rings. The minimum absolute atomic E-state index is 0.158. The molecule has 2 amide bonds. The van der Waals surface area contributed by atoms with Gasteiger partial charge in [-0.15, -0.1) is 0 Å². The minimum Gasteiger partial charge on any atom is -0.493 e. The summed E-state index contributed by atoms with van der Waals surface area (Å²) in [6.07, 6.45) is 0. The molecule has 0 bridgehead atoms. The van der Waals surface area contributed by atoms with E-state index >= 15 is 0 Å². The Morgan fingerprint density at radius 1 is 0.967 bits per heavy atom. The Bertz CT molecular complexity index is 859. The first kappa shape index (κ1) is 23.0. The fourth-order valence-corrected chi connectivity index (χ4v) is 2.90. The van der Waals surface area contributed by atoms with Gasteiger partial charge in [0.05, 0.1) is 21.3 Å². The molecule has 0 radical (unpaired) electrons. The number of amides is 2. The molecule has 1 unspecified atom stereocenters. The van der Waals surface area contributed by atoms with E-state index in [2.05, 4.69) is 10.6 Å². The number of carbonyl (C=O) groups excluding carboxylic acids is 2. The Morgan fingerprint density at radius 2 is 1.53 bits per heavy atom. The number of hydrogen-bond acceptors (Lipinski definition) is 5. The van der Waals surface area contributed by atoms with Crippen molar-refractivity contribution < 1.29 is 28.2 Å². The molecule has 7 nitrogen and oxygen atoms in total. The van der Waals surface area contributed by atoms with Gasteiger partial charge < -0.3 is 24.8 Å². The third kappa shape index (κ3) is 5.62. The number of hydrogen-bond donors (Lipinski definition) is 2. The van der Waals surface area contributed by atoms with Gasteiger partial charge in [0.2, 0.25) is 11.7 Å². The van der Waals surface area contributed by atoms with Gasteiger partial charge in [0.15, 0.2) is 11.5 Å². The number of methoxy groups -OCH3 is 3. The van der Waals surface area contributed by atoms with Crippen molar-refractivity contribution in [2.45, 2.75) is 26.4 Å². The van der Waals surface area contributed by atoms with Crippen molar-refractivity contribution in [2.75, 3.05) is 21.3 Å². The highest BCUT2D eigenvalue weighted by atomic mass is 19.1. The van der Waals surface area contributed by atoms with E-state index in [1.54, 1.807) is 12.1 Å². The molecule has 0 aliphatic carbocycles. The van der Waals surface area contributed by atoms with Crippen molar-refractivity contribution in [1.29, 1.82) is 0 Å². The molecule has 2 aromatic carbocycles. The first-order valence-electron chi connectivity index (χ1n) is 9.43. The van der Waals surface area contributed by atoms with E-state index in [1.165, 1.54) is 45.6 Å². The van der Waals surface area contributed by atoms with Gasteiger partial charge in [-0.25, -0.2) is 4.39 Å². The zero-order valence-electron chi connectivity index (χ0n) is 17.7. The molecule has 0 aromatic heterocycles. The fraction of sp³-hybridized carbons (Fsp3) is 0.364. The van der Waals surface area contributed by atoms with Crippen LogP contribution in [0.2, 0.25) is 0 Å². The maximum Gasteiger partial charge on any atom is 0.251 e. The summed E-state index contributed by atoms with van der Waals surface area (Å²) in [6, 6.07) is 7.86. The lowest BCUT2D eigenvalue weighted by molar-refractivity contribution is -0.124. The van der Waals surface area contributed by atoms with E-state index in [0.717, 1.165) is 5.56 Å². The zero-order chi connectivity index (χ0) is 22.3. The van der Waals surface area contributed by atoms with Gasteiger partial charge >= 0.3 is 0 Å². The average Bonchev–Trinajstić information content (AvgIpc) is 2.74. The van der Waals surface area contributed by atoms with Crippen molar-refractivity contribution in [3.8, 4) is 17.2 Å². The highest BCUT2D eigenvalue weighted by Crippen LogP contribution is 2.38. The van der Waals surface area contributed by atoms with Crippen molar-refractivity contribution in [3.63, 3.8) is 0 Å². The third-order valence-electron chi connectivity index (χ3n) is 4.53. The van der Waals surface area contributed by atoms with Crippen LogP contribution in [-0.2, 0) is 11.3 Å². The molecule has 0 aliphatic heterocycles. The first-order chi connectivity index (χ1) is 14.3. The van der Waals surface area contributed by atoms with Crippen LogP contribution in [0.5, 0.6) is 17.2 Å². The second-order valence-electron chi connectivity index (χ2n) is 6.95. The predicted octanol–water partition coefficient (Wildman–Crippen LogP) is 2.92. The van der Waals surface area contributed by atoms with Crippen LogP contribution in [-0.4, -0.2) is 39.2 Å². The maximum absolute atomic E-state index is 13.1. The van der Waals surface area contributed by atoms with E-state index in [0.29, 0.717) is 17.2 Å². The molecular formula is C22H27FN2O5. The molecule has 0 saturated heterocycles. The zero-order valence-corrected chi connectivity index (χ0v) is 17.7. The molecule has 2 rings (SSSR count). The van der Waals surface area contributed by atoms with Gasteiger partial charge in [0.25, 0.3) is 5.91 Å². The summed E-state index contributed by atoms with van der Waals surface area (Å²) in [5.41, 5.74) is 1.02. The third-order valence-corrected chi connectivity index (χ3v) is 4.53. The lowest BCUT2D eigenvalue weighted by Crippen LogP contribution is -2.49. The Kier molecular flexibility index (Phi) is 8.03. The molecule has 0 spiro atoms. The van der Waals surface area contributed by atoms with Crippen LogP contribution in [0.3, 0.4) is 0 Å². The quantitative estimate of drug-likeness (QED) is 0.654. The number of benzene rings is 2. The summed E-state index contributed by atoms with van der Waals surface area (Å²) in [5, 5.41) is 5.53. The van der Waals surface area contributed by atoms with Gasteiger partial charge in [-0.05, 0) is 47.9 Å². The summed E-state index contributed by atoms with van der Waals surface area (Å²) < 4.78 is 29.0. The first-order valence-corrected chi connectivity index (χ1v) is 9.43. The highest BCUT2D eigenvalue weighted by Gasteiger charge is 2.25. The predicted molar refractivity (Wildman–Crippen MR) is 110 cm³/mol. The largest absolute Gasteiger partial charge is 0.493 e. The number of carbonyl (C=O) groups is 2. The topological polar surface area (TPSA) is 85.9 Å². The lowest BCUT2D eigenvalue weighted by Gasteiger charge is -2.22. The van der Waals surface area contributed by atoms with Gasteiger partial charge in [-0.1, -0.05) is 13.8 Å². The normalized spacial score (nSPS) is 11.6. The second-order valence-corrected chi connectivity index (χ2v) is 6.95. The van der Waals surface area contributed by atoms with Gasteiger partial charge in [-0.2, -0.15) is 0 Å². The maximum atomic E-state index is 13.1. The number of rotatable bonds is 9. The molecular weight excluding hydrogens is 391 g/mol. The van der Waals surface area contributed by atoms with Gasteiger partial charge in [0, 0.05) is 12.1 Å². The SMILES string of the molecule is COc1cc(CNC(=O)C(NC(=O)c2ccc(F)cc2)C(C)C)cc(OC)c1OC. The van der Waals surface area contributed by atoms with Gasteiger partial charge in [-0.3, -0.25) is 9.59 Å². The van der Waals surface area contributed by atoms with Crippen LogP contribution < -0.4 is 24.8 Å². The van der Waals surface area contributed by atoms with Crippen LogP contribution in [0, 0.1) is 11.7 Å². The van der Waals surface area contributed by atoms with E-state index < -0.39 is 17.8 Å². The lowest BCUT2D eigenvalue weighted by atomic mass is 10.0. The summed E-state index contributed by atoms with van der Waals surface area (Å²) in [6.45, 7) is 3.86. The van der Waals surface area contributed by atoms with Crippen molar-refractivity contribution in [3.05, 3.63) is 53.3 Å². The molecule has 2 aromatic rings. The monoisotopic (exact) mass is 418 g/mol. The summed E-state index contributed by atoms with van der Waals surface area (Å²) in [4.78, 5) is 25.2. The average molecular weight is 418 g/mol. The number of nitrogens with one attached hydrogen (secondary N) is 2. The summed E-state index contributed by atoms with van der Waals surface area (Å²) in [7, 11) is 4.54. The molecule has 2 N–H and O–H groups in total. The Labute approximate surface area is 175 Å². The van der Waals surface area contributed by atoms with Crippen LogP contribution in [0.4, 0.5) is 4.39 Å². The van der Waals surface area contributed by atoms with Crippen LogP contribution >= 0.6 is 0 Å². The minimum atomic E-state index is -0.760. The highest BCUT2D eigenvalue weighted by molar-refractivity contribution is 5.97. The molecule has 1 atom stereocenters. The van der Waals surface area contributed by atoms with Crippen LogP contribution in [0.15, 0.2) is 36.4 Å². The smallest absolute Gasteiger partial charge is 0.251 e. The van der Waals surface area contributed by atoms with E-state index in [4.69, 9.17) is 14.2 Å². The summed E-state index contributed by atoms with van der Waals surface area (Å²) >= 11 is 0. The van der Waals surface area contributed by atoms with Crippen LogP contribution in [0.1, 0.15) is 29.8 Å². The van der Waals surface area contributed by atoms with Gasteiger partial charge in [0.1, 0.15) is 11.9 Å². The molecule has 30 heavy (non-hydrogen) atoms. The van der Waals surface area contributed by atoms with Crippen molar-refractivity contribution in [1.82, 2.24) is 10.6 Å². The van der Waals surface area contributed by atoms with E-state index in [1.807, 2.05) is 13.8 Å². The number of ether oxygens (including phenoxy) is 3. The Hall–Kier alpha value is -3.29. The van der Waals surface area contributed by atoms with Crippen molar-refractivity contribution >= 4 is 11.8 Å². The summed E-state index contributed by atoms with van der Waals surface area (Å²) in [5.74, 6) is 0.0363. The Morgan fingerprint density at radius 3 is 2.00 bits per heavy atom. The molecule has 0 saturated carbocycles. The van der Waals surface area contributed by atoms with Crippen molar-refractivity contribution in [2.24, 2.45) is 5.92 Å². The second kappa shape index (κ2) is 10.5. The molecule has 0 fully saturated rings. The fourth-order valence-electron chi connectivity index (χ4n) is 2.90. The molecule has 8 heteroatoms.